The monoisotopic (exact) mass is 448 g/mol. The maximum absolute atomic E-state index is 12.9. The van der Waals surface area contributed by atoms with Crippen molar-refractivity contribution in [2.24, 2.45) is 0 Å². The van der Waals surface area contributed by atoms with Crippen LogP contribution >= 0.6 is 0 Å². The molecule has 1 N–H and O–H groups in total. The predicted octanol–water partition coefficient (Wildman–Crippen LogP) is 3.88. The second-order valence-electron chi connectivity index (χ2n) is 7.54. The van der Waals surface area contributed by atoms with E-state index in [4.69, 9.17) is 14.2 Å². The number of nitrogens with one attached hydrogen (secondary N) is 1. The molecule has 1 aliphatic heterocycles. The molecule has 0 fully saturated rings. The Morgan fingerprint density at radius 1 is 0.879 bits per heavy atom. The van der Waals surface area contributed by atoms with Crippen LogP contribution in [0.3, 0.4) is 0 Å². The zero-order valence-corrected chi connectivity index (χ0v) is 18.6. The summed E-state index contributed by atoms with van der Waals surface area (Å²) < 4.78 is 15.9. The van der Waals surface area contributed by atoms with E-state index in [1.165, 1.54) is 26.2 Å². The molecule has 3 aromatic rings. The molecule has 0 radical (unpaired) electrons. The minimum atomic E-state index is -0.339. The summed E-state index contributed by atoms with van der Waals surface area (Å²) >= 11 is 0. The van der Waals surface area contributed by atoms with Crippen molar-refractivity contribution in [3.05, 3.63) is 59.7 Å². The zero-order valence-electron chi connectivity index (χ0n) is 18.6. The van der Waals surface area contributed by atoms with Crippen molar-refractivity contribution < 1.29 is 28.6 Å². The molecule has 33 heavy (non-hydrogen) atoms. The maximum Gasteiger partial charge on any atom is 0.261 e. The largest absolute Gasteiger partial charge is 0.493 e. The first-order valence-corrected chi connectivity index (χ1v) is 10.5. The van der Waals surface area contributed by atoms with Gasteiger partial charge in [0.15, 0.2) is 11.5 Å². The molecule has 0 aliphatic carbocycles. The summed E-state index contributed by atoms with van der Waals surface area (Å²) in [4.78, 5) is 39.6. The molecule has 8 heteroatoms. The lowest BCUT2D eigenvalue weighted by Gasteiger charge is -2.27. The number of rotatable bonds is 8. The molecular formula is C25H24N2O6. The number of benzene rings is 3. The Bertz CT molecular complexity index is 1180. The van der Waals surface area contributed by atoms with Crippen molar-refractivity contribution >= 4 is 34.2 Å². The van der Waals surface area contributed by atoms with Crippen molar-refractivity contribution in [3.8, 4) is 17.2 Å². The molecule has 1 aliphatic rings. The Balaban J connectivity index is 1.42. The van der Waals surface area contributed by atoms with Gasteiger partial charge in [-0.2, -0.15) is 0 Å². The van der Waals surface area contributed by atoms with Crippen LogP contribution in [-0.2, 0) is 4.79 Å². The number of methoxy groups -OCH3 is 3. The molecular weight excluding hydrogens is 424 g/mol. The third-order valence-corrected chi connectivity index (χ3v) is 5.59. The number of carbonyl (C=O) groups excluding carboxylic acids is 3. The third kappa shape index (κ3) is 4.07. The SMILES string of the molecule is COc1cc(NC(=O)CCCN2C(=O)c3cccc4cccc(c34)C2=O)cc(OC)c1OC. The minimum Gasteiger partial charge on any atom is -0.493 e. The van der Waals surface area contributed by atoms with Gasteiger partial charge in [0.05, 0.1) is 21.3 Å². The minimum absolute atomic E-state index is 0.125. The number of hydrogen-bond donors (Lipinski definition) is 1. The average molecular weight is 448 g/mol. The van der Waals surface area contributed by atoms with Gasteiger partial charge in [0, 0.05) is 47.3 Å². The van der Waals surface area contributed by atoms with Gasteiger partial charge in [0.2, 0.25) is 11.7 Å². The van der Waals surface area contributed by atoms with E-state index < -0.39 is 0 Å². The lowest BCUT2D eigenvalue weighted by atomic mass is 9.94. The molecule has 0 spiro atoms. The van der Waals surface area contributed by atoms with Gasteiger partial charge < -0.3 is 19.5 Å². The van der Waals surface area contributed by atoms with E-state index in [-0.39, 0.29) is 30.7 Å². The van der Waals surface area contributed by atoms with E-state index in [1.807, 2.05) is 12.1 Å². The highest BCUT2D eigenvalue weighted by molar-refractivity contribution is 6.25. The van der Waals surface area contributed by atoms with Crippen molar-refractivity contribution in [2.75, 3.05) is 33.2 Å². The van der Waals surface area contributed by atoms with Crippen LogP contribution in [0.4, 0.5) is 5.69 Å². The Morgan fingerprint density at radius 2 is 1.45 bits per heavy atom. The molecule has 3 aromatic carbocycles. The number of ether oxygens (including phenoxy) is 3. The van der Waals surface area contributed by atoms with Crippen molar-refractivity contribution in [1.29, 1.82) is 0 Å². The second kappa shape index (κ2) is 9.20. The van der Waals surface area contributed by atoms with Crippen molar-refractivity contribution in [1.82, 2.24) is 4.90 Å². The number of nitrogens with zero attached hydrogens (tertiary/aromatic N) is 1. The van der Waals surface area contributed by atoms with E-state index in [0.29, 0.717) is 45.9 Å². The molecule has 0 saturated carbocycles. The van der Waals surface area contributed by atoms with Gasteiger partial charge in [-0.15, -0.1) is 0 Å². The molecule has 0 atom stereocenters. The Morgan fingerprint density at radius 3 is 1.97 bits per heavy atom. The van der Waals surface area contributed by atoms with Crippen LogP contribution in [0.5, 0.6) is 17.2 Å². The van der Waals surface area contributed by atoms with E-state index in [1.54, 1.807) is 36.4 Å². The van der Waals surface area contributed by atoms with Crippen molar-refractivity contribution in [3.63, 3.8) is 0 Å². The number of carbonyl (C=O) groups is 3. The van der Waals surface area contributed by atoms with Gasteiger partial charge in [0.25, 0.3) is 11.8 Å². The summed E-state index contributed by atoms with van der Waals surface area (Å²) in [5.41, 5.74) is 1.49. The highest BCUT2D eigenvalue weighted by Crippen LogP contribution is 2.40. The lowest BCUT2D eigenvalue weighted by molar-refractivity contribution is -0.116. The smallest absolute Gasteiger partial charge is 0.261 e. The third-order valence-electron chi connectivity index (χ3n) is 5.59. The Hall–Kier alpha value is -4.07. The van der Waals surface area contributed by atoms with Gasteiger partial charge in [0.1, 0.15) is 0 Å². The van der Waals surface area contributed by atoms with Crippen molar-refractivity contribution in [2.45, 2.75) is 12.8 Å². The molecule has 1 heterocycles. The van der Waals surface area contributed by atoms with Crippen LogP contribution in [0.2, 0.25) is 0 Å². The number of anilines is 1. The summed E-state index contributed by atoms with van der Waals surface area (Å²) in [5.74, 6) is 0.330. The van der Waals surface area contributed by atoms with E-state index in [9.17, 15) is 14.4 Å². The molecule has 8 nitrogen and oxygen atoms in total. The standard InChI is InChI=1S/C25H24N2O6/c1-31-19-13-16(14-20(32-2)23(19)33-3)26-21(28)11-6-12-27-24(29)17-9-4-7-15-8-5-10-18(22(15)17)25(27)30/h4-5,7-10,13-14H,6,11-12H2,1-3H3,(H,26,28). The van der Waals surface area contributed by atoms with Crippen LogP contribution in [-0.4, -0.2) is 50.5 Å². The number of amides is 3. The first-order chi connectivity index (χ1) is 16.0. The van der Waals surface area contributed by atoms with Gasteiger partial charge >= 0.3 is 0 Å². The summed E-state index contributed by atoms with van der Waals surface area (Å²) in [7, 11) is 4.49. The van der Waals surface area contributed by atoms with Crippen LogP contribution < -0.4 is 19.5 Å². The topological polar surface area (TPSA) is 94.2 Å². The Kier molecular flexibility index (Phi) is 6.17. The van der Waals surface area contributed by atoms with Crippen LogP contribution in [0.1, 0.15) is 33.6 Å². The first kappa shape index (κ1) is 22.1. The van der Waals surface area contributed by atoms with E-state index >= 15 is 0 Å². The van der Waals surface area contributed by atoms with Gasteiger partial charge in [-0.25, -0.2) is 0 Å². The zero-order chi connectivity index (χ0) is 23.5. The molecule has 170 valence electrons. The fourth-order valence-electron chi connectivity index (χ4n) is 4.06. The predicted molar refractivity (Wildman–Crippen MR) is 123 cm³/mol. The van der Waals surface area contributed by atoms with E-state index in [0.717, 1.165) is 5.39 Å². The molecule has 4 rings (SSSR count). The number of hydrogen-bond acceptors (Lipinski definition) is 6. The molecule has 0 saturated heterocycles. The second-order valence-corrected chi connectivity index (χ2v) is 7.54. The lowest BCUT2D eigenvalue weighted by Crippen LogP contribution is -2.41. The fourth-order valence-corrected chi connectivity index (χ4v) is 4.06. The van der Waals surface area contributed by atoms with E-state index in [2.05, 4.69) is 5.32 Å². The van der Waals surface area contributed by atoms with Gasteiger partial charge in [-0.1, -0.05) is 24.3 Å². The quantitative estimate of drug-likeness (QED) is 0.526. The maximum atomic E-state index is 12.9. The highest BCUT2D eigenvalue weighted by atomic mass is 16.5. The average Bonchev–Trinajstić information content (AvgIpc) is 2.83. The fraction of sp³-hybridized carbons (Fsp3) is 0.240. The molecule has 0 unspecified atom stereocenters. The molecule has 0 aromatic heterocycles. The van der Waals surface area contributed by atoms with Crippen LogP contribution in [0.15, 0.2) is 48.5 Å². The summed E-state index contributed by atoms with van der Waals surface area (Å²) in [6.45, 7) is 0.144. The van der Waals surface area contributed by atoms with Crippen LogP contribution in [0, 0.1) is 0 Å². The summed E-state index contributed by atoms with van der Waals surface area (Å²) in [5, 5.41) is 4.34. The highest BCUT2D eigenvalue weighted by Gasteiger charge is 2.32. The van der Waals surface area contributed by atoms with Gasteiger partial charge in [-0.05, 0) is 23.9 Å². The summed E-state index contributed by atoms with van der Waals surface area (Å²) in [6.07, 6.45) is 0.450. The first-order valence-electron chi connectivity index (χ1n) is 10.5. The summed E-state index contributed by atoms with van der Waals surface area (Å²) in [6, 6.07) is 14.1. The Labute approximate surface area is 191 Å². The van der Waals surface area contributed by atoms with Crippen LogP contribution in [0.25, 0.3) is 10.8 Å². The normalized spacial score (nSPS) is 12.6. The number of imide groups is 1. The van der Waals surface area contributed by atoms with Gasteiger partial charge in [-0.3, -0.25) is 19.3 Å². The molecule has 0 bridgehead atoms. The molecule has 3 amide bonds.